The average molecular weight is 669 g/mol. The molecule has 7 rings (SSSR count). The van der Waals surface area contributed by atoms with Gasteiger partial charge in [0.1, 0.15) is 5.69 Å². The third kappa shape index (κ3) is 8.01. The predicted octanol–water partition coefficient (Wildman–Crippen LogP) is 7.70. The molecule has 1 saturated carbocycles. The molecular formula is C42H44N4O4. The number of fused-ring (bicyclic) bond motifs is 1. The van der Waals surface area contributed by atoms with Crippen LogP contribution in [0.3, 0.4) is 0 Å². The number of nitrogens with one attached hydrogen (secondary N) is 1. The van der Waals surface area contributed by atoms with Crippen LogP contribution < -0.4 is 5.32 Å². The van der Waals surface area contributed by atoms with Gasteiger partial charge in [0.2, 0.25) is 0 Å². The molecule has 3 atom stereocenters. The number of hydrogen-bond donors (Lipinski definition) is 2. The average Bonchev–Trinajstić information content (AvgIpc) is 3.72. The number of para-hydroxylation sites is 2. The lowest BCUT2D eigenvalue weighted by molar-refractivity contribution is -0.253. The van der Waals surface area contributed by atoms with Crippen LogP contribution in [-0.4, -0.2) is 51.1 Å². The molecule has 1 saturated heterocycles. The van der Waals surface area contributed by atoms with Crippen molar-refractivity contribution in [2.75, 3.05) is 13.1 Å². The summed E-state index contributed by atoms with van der Waals surface area (Å²) in [6, 6.07) is 32.7. The highest BCUT2D eigenvalue weighted by atomic mass is 16.7. The molecule has 256 valence electrons. The minimum absolute atomic E-state index is 0.0102. The standard InChI is InChI=1S/C42H44N4O4/c1-2-22-46(35-10-3-4-11-35)27-36-24-40(32-16-14-29(28-47)15-17-32)50-42(49-36)33-20-18-31(19-21-33)34-9-7-8-30(23-34)25-44-41(48)39-26-43-37-12-5-6-13-38(37)45-39/h2,5-9,12-21,23,26,35-36,40,42,47H,1,3-4,10-11,22,24-25,27-28H2,(H,44,48)/t36-,40+,42+/m0/s1. The van der Waals surface area contributed by atoms with Gasteiger partial charge in [0.15, 0.2) is 6.29 Å². The summed E-state index contributed by atoms with van der Waals surface area (Å²) in [7, 11) is 0. The maximum absolute atomic E-state index is 12.9. The van der Waals surface area contributed by atoms with Gasteiger partial charge in [-0.05, 0) is 58.9 Å². The van der Waals surface area contributed by atoms with Crippen molar-refractivity contribution in [3.8, 4) is 11.1 Å². The van der Waals surface area contributed by atoms with Gasteiger partial charge < -0.3 is 19.9 Å². The van der Waals surface area contributed by atoms with E-state index in [0.29, 0.717) is 23.8 Å². The molecule has 1 amide bonds. The van der Waals surface area contributed by atoms with Gasteiger partial charge in [-0.1, -0.05) is 97.8 Å². The van der Waals surface area contributed by atoms with E-state index in [2.05, 4.69) is 75.3 Å². The third-order valence-corrected chi connectivity index (χ3v) is 9.84. The van der Waals surface area contributed by atoms with Crippen molar-refractivity contribution in [3.05, 3.63) is 144 Å². The molecule has 0 bridgehead atoms. The van der Waals surface area contributed by atoms with Crippen molar-refractivity contribution in [3.63, 3.8) is 0 Å². The van der Waals surface area contributed by atoms with Crippen LogP contribution in [0.15, 0.2) is 116 Å². The molecule has 2 aliphatic rings. The number of carbonyl (C=O) groups is 1. The van der Waals surface area contributed by atoms with Gasteiger partial charge in [-0.25, -0.2) is 4.98 Å². The zero-order chi connectivity index (χ0) is 34.3. The fraction of sp³-hybridized carbons (Fsp3) is 0.310. The Morgan fingerprint density at radius 1 is 0.880 bits per heavy atom. The fourth-order valence-corrected chi connectivity index (χ4v) is 7.14. The van der Waals surface area contributed by atoms with Crippen molar-refractivity contribution >= 4 is 16.9 Å². The van der Waals surface area contributed by atoms with Crippen LogP contribution in [0.5, 0.6) is 0 Å². The Morgan fingerprint density at radius 3 is 2.40 bits per heavy atom. The van der Waals surface area contributed by atoms with Crippen LogP contribution in [0.25, 0.3) is 22.2 Å². The minimum atomic E-state index is -0.515. The van der Waals surface area contributed by atoms with Crippen LogP contribution in [0, 0.1) is 0 Å². The minimum Gasteiger partial charge on any atom is -0.392 e. The number of amides is 1. The van der Waals surface area contributed by atoms with Crippen LogP contribution >= 0.6 is 0 Å². The quantitative estimate of drug-likeness (QED) is 0.132. The molecule has 8 nitrogen and oxygen atoms in total. The molecule has 4 aromatic carbocycles. The van der Waals surface area contributed by atoms with Gasteiger partial charge in [-0.2, -0.15) is 0 Å². The lowest BCUT2D eigenvalue weighted by Gasteiger charge is -2.39. The second-order valence-corrected chi connectivity index (χ2v) is 13.3. The normalized spacial score (nSPS) is 19.5. The van der Waals surface area contributed by atoms with Gasteiger partial charge in [0.05, 0.1) is 36.0 Å². The third-order valence-electron chi connectivity index (χ3n) is 9.84. The number of aliphatic hydroxyl groups excluding tert-OH is 1. The second-order valence-electron chi connectivity index (χ2n) is 13.3. The summed E-state index contributed by atoms with van der Waals surface area (Å²) in [5, 5.41) is 12.6. The highest BCUT2D eigenvalue weighted by Gasteiger charge is 2.34. The summed E-state index contributed by atoms with van der Waals surface area (Å²) in [5.41, 5.74) is 7.77. The fourth-order valence-electron chi connectivity index (χ4n) is 7.14. The zero-order valence-corrected chi connectivity index (χ0v) is 28.3. The highest BCUT2D eigenvalue weighted by molar-refractivity contribution is 5.93. The highest BCUT2D eigenvalue weighted by Crippen LogP contribution is 2.39. The molecular weight excluding hydrogens is 624 g/mol. The van der Waals surface area contributed by atoms with Crippen molar-refractivity contribution in [1.82, 2.24) is 20.2 Å². The van der Waals surface area contributed by atoms with E-state index in [-0.39, 0.29) is 24.7 Å². The molecule has 1 aromatic heterocycles. The molecule has 2 fully saturated rings. The Labute approximate surface area is 293 Å². The first kappa shape index (κ1) is 33.8. The lowest BCUT2D eigenvalue weighted by atomic mass is 9.98. The SMILES string of the molecule is C=CCN(C[C@@H]1C[C@H](c2ccc(CO)cc2)O[C@H](c2ccc(-c3cccc(CNC(=O)c4cnc5ccccc5n4)c3)cc2)O1)C1CCCC1. The molecule has 8 heteroatoms. The number of rotatable bonds is 12. The summed E-state index contributed by atoms with van der Waals surface area (Å²) < 4.78 is 13.3. The van der Waals surface area contributed by atoms with Crippen LogP contribution in [0.4, 0.5) is 0 Å². The zero-order valence-electron chi connectivity index (χ0n) is 28.3. The van der Waals surface area contributed by atoms with Gasteiger partial charge >= 0.3 is 0 Å². The first-order valence-electron chi connectivity index (χ1n) is 17.6. The molecule has 0 spiro atoms. The number of aliphatic hydroxyl groups is 1. The van der Waals surface area contributed by atoms with Crippen LogP contribution in [-0.2, 0) is 22.6 Å². The first-order chi connectivity index (χ1) is 24.6. The summed E-state index contributed by atoms with van der Waals surface area (Å²) in [6.07, 6.45) is 8.61. The van der Waals surface area contributed by atoms with Crippen molar-refractivity contribution in [2.24, 2.45) is 0 Å². The Bertz CT molecular complexity index is 1910. The number of hydrogen-bond acceptors (Lipinski definition) is 7. The van der Waals surface area contributed by atoms with Crippen LogP contribution in [0.1, 0.15) is 77.2 Å². The topological polar surface area (TPSA) is 96.8 Å². The first-order valence-corrected chi connectivity index (χ1v) is 17.6. The van der Waals surface area contributed by atoms with E-state index in [4.69, 9.17) is 9.47 Å². The van der Waals surface area contributed by atoms with Gasteiger partial charge in [-0.15, -0.1) is 6.58 Å². The van der Waals surface area contributed by atoms with E-state index in [1.807, 2.05) is 54.6 Å². The second kappa shape index (κ2) is 15.9. The number of aromatic nitrogens is 2. The summed E-state index contributed by atoms with van der Waals surface area (Å²) in [5.74, 6) is -0.262. The number of nitrogens with zero attached hydrogens (tertiary/aromatic N) is 3. The molecule has 0 radical (unpaired) electrons. The van der Waals surface area contributed by atoms with Crippen molar-refractivity contribution in [2.45, 2.75) is 69.8 Å². The van der Waals surface area contributed by atoms with E-state index in [1.165, 1.54) is 31.9 Å². The van der Waals surface area contributed by atoms with Crippen molar-refractivity contribution < 1.29 is 19.4 Å². The van der Waals surface area contributed by atoms with Gasteiger partial charge in [-0.3, -0.25) is 14.7 Å². The molecule has 1 aliphatic heterocycles. The Balaban J connectivity index is 1.05. The van der Waals surface area contributed by atoms with E-state index >= 15 is 0 Å². The summed E-state index contributed by atoms with van der Waals surface area (Å²) in [4.78, 5) is 24.2. The largest absolute Gasteiger partial charge is 0.392 e. The van der Waals surface area contributed by atoms with Gasteiger partial charge in [0.25, 0.3) is 5.91 Å². The monoisotopic (exact) mass is 668 g/mol. The Hall–Kier alpha value is -4.73. The smallest absolute Gasteiger partial charge is 0.271 e. The maximum atomic E-state index is 12.9. The number of benzene rings is 4. The van der Waals surface area contributed by atoms with Crippen LogP contribution in [0.2, 0.25) is 0 Å². The predicted molar refractivity (Wildman–Crippen MR) is 195 cm³/mol. The maximum Gasteiger partial charge on any atom is 0.271 e. The van der Waals surface area contributed by atoms with E-state index in [0.717, 1.165) is 58.4 Å². The summed E-state index contributed by atoms with van der Waals surface area (Å²) >= 11 is 0. The molecule has 5 aromatic rings. The Kier molecular flexibility index (Phi) is 10.7. The van der Waals surface area contributed by atoms with E-state index in [1.54, 1.807) is 0 Å². The summed E-state index contributed by atoms with van der Waals surface area (Å²) in [6.45, 7) is 6.10. The van der Waals surface area contributed by atoms with E-state index < -0.39 is 6.29 Å². The molecule has 2 N–H and O–H groups in total. The Morgan fingerprint density at radius 2 is 1.64 bits per heavy atom. The van der Waals surface area contributed by atoms with Gasteiger partial charge in [0, 0.05) is 37.7 Å². The number of ether oxygens (including phenoxy) is 2. The van der Waals surface area contributed by atoms with Crippen molar-refractivity contribution in [1.29, 1.82) is 0 Å². The lowest BCUT2D eigenvalue weighted by Crippen LogP contribution is -2.43. The number of carbonyl (C=O) groups excluding carboxylic acids is 1. The molecule has 50 heavy (non-hydrogen) atoms. The van der Waals surface area contributed by atoms with E-state index in [9.17, 15) is 9.90 Å². The molecule has 2 heterocycles. The molecule has 0 unspecified atom stereocenters. The molecule has 1 aliphatic carbocycles.